The molecule has 0 spiro atoms. The summed E-state index contributed by atoms with van der Waals surface area (Å²) in [5.74, 6) is -0.0676. The molecule has 4 rings (SSSR count). The highest BCUT2D eigenvalue weighted by Crippen LogP contribution is 2.42. The number of hydrogen-bond acceptors (Lipinski definition) is 3. The van der Waals surface area contributed by atoms with E-state index in [-0.39, 0.29) is 18.4 Å². The van der Waals surface area contributed by atoms with Gasteiger partial charge in [0.15, 0.2) is 6.61 Å². The zero-order valence-electron chi connectivity index (χ0n) is 13.9. The van der Waals surface area contributed by atoms with E-state index in [4.69, 9.17) is 4.74 Å². The molecule has 1 saturated heterocycles. The predicted molar refractivity (Wildman–Crippen MR) is 93.4 cm³/mol. The van der Waals surface area contributed by atoms with Crippen molar-refractivity contribution in [1.82, 2.24) is 4.90 Å². The largest absolute Gasteiger partial charge is 0.483 e. The van der Waals surface area contributed by atoms with Crippen LogP contribution in [0.4, 0.5) is 0 Å². The van der Waals surface area contributed by atoms with Crippen LogP contribution in [0.2, 0.25) is 0 Å². The Bertz CT molecular complexity index is 813. The molecule has 5 heteroatoms. The summed E-state index contributed by atoms with van der Waals surface area (Å²) in [6.45, 7) is 0.413. The molecule has 1 aliphatic heterocycles. The van der Waals surface area contributed by atoms with Crippen LogP contribution in [-0.4, -0.2) is 41.1 Å². The van der Waals surface area contributed by atoms with Crippen molar-refractivity contribution in [1.29, 1.82) is 0 Å². The van der Waals surface area contributed by atoms with Crippen LogP contribution in [0.15, 0.2) is 42.5 Å². The van der Waals surface area contributed by atoms with Gasteiger partial charge in [0.2, 0.25) is 0 Å². The normalized spacial score (nSPS) is 25.1. The minimum absolute atomic E-state index is 0.0963. The number of carbonyl (C=O) groups is 2. The van der Waals surface area contributed by atoms with Crippen molar-refractivity contribution in [2.75, 3.05) is 13.2 Å². The molecule has 1 saturated carbocycles. The third-order valence-corrected chi connectivity index (χ3v) is 5.56. The lowest BCUT2D eigenvalue weighted by Crippen LogP contribution is -2.45. The fourth-order valence-electron chi connectivity index (χ4n) is 4.42. The molecule has 3 atom stereocenters. The number of aliphatic carboxylic acids is 1. The predicted octanol–water partition coefficient (Wildman–Crippen LogP) is 2.93. The Hall–Kier alpha value is -2.56. The van der Waals surface area contributed by atoms with Gasteiger partial charge in [-0.15, -0.1) is 0 Å². The van der Waals surface area contributed by atoms with Crippen molar-refractivity contribution in [3.63, 3.8) is 0 Å². The maximum absolute atomic E-state index is 12.6. The molecule has 0 bridgehead atoms. The molecule has 25 heavy (non-hydrogen) atoms. The summed E-state index contributed by atoms with van der Waals surface area (Å²) in [5, 5.41) is 11.6. The highest BCUT2D eigenvalue weighted by atomic mass is 16.5. The fraction of sp³-hybridized carbons (Fsp3) is 0.400. The van der Waals surface area contributed by atoms with Crippen LogP contribution in [0.5, 0.6) is 5.75 Å². The van der Waals surface area contributed by atoms with Crippen molar-refractivity contribution in [3.8, 4) is 5.75 Å². The maximum atomic E-state index is 12.6. The summed E-state index contributed by atoms with van der Waals surface area (Å²) in [6.07, 6.45) is 2.98. The monoisotopic (exact) mass is 339 g/mol. The number of likely N-dealkylation sites (tertiary alicyclic amines) is 1. The van der Waals surface area contributed by atoms with Crippen molar-refractivity contribution < 1.29 is 19.4 Å². The minimum atomic E-state index is -0.895. The molecule has 0 aromatic heterocycles. The number of fused-ring (bicyclic) bond motifs is 2. The van der Waals surface area contributed by atoms with Crippen molar-refractivity contribution in [2.45, 2.75) is 25.3 Å². The number of carboxylic acids is 1. The number of nitrogens with zero attached hydrogens (tertiary/aromatic N) is 1. The molecular formula is C20H21NO4. The molecule has 1 heterocycles. The Balaban J connectivity index is 1.49. The van der Waals surface area contributed by atoms with E-state index < -0.39 is 12.0 Å². The first-order chi connectivity index (χ1) is 12.1. The summed E-state index contributed by atoms with van der Waals surface area (Å²) in [7, 11) is 0. The minimum Gasteiger partial charge on any atom is -0.483 e. The first-order valence-corrected chi connectivity index (χ1v) is 8.78. The molecule has 1 amide bonds. The number of hydrogen-bond donors (Lipinski definition) is 1. The van der Waals surface area contributed by atoms with E-state index >= 15 is 0 Å². The van der Waals surface area contributed by atoms with Gasteiger partial charge >= 0.3 is 5.97 Å². The average molecular weight is 339 g/mol. The van der Waals surface area contributed by atoms with Crippen molar-refractivity contribution in [3.05, 3.63) is 42.5 Å². The first kappa shape index (κ1) is 15.9. The summed E-state index contributed by atoms with van der Waals surface area (Å²) >= 11 is 0. The van der Waals surface area contributed by atoms with Gasteiger partial charge in [0.1, 0.15) is 11.8 Å². The molecule has 2 aromatic carbocycles. The van der Waals surface area contributed by atoms with E-state index in [2.05, 4.69) is 0 Å². The second-order valence-electron chi connectivity index (χ2n) is 6.95. The number of carboxylic acid groups (broad SMARTS) is 1. The topological polar surface area (TPSA) is 66.8 Å². The van der Waals surface area contributed by atoms with E-state index in [1.165, 1.54) is 4.90 Å². The SMILES string of the molecule is O=C(O)C1C2CCCC2CN1C(=O)COc1cccc2ccccc12. The van der Waals surface area contributed by atoms with Crippen LogP contribution in [0, 0.1) is 11.8 Å². The molecular weight excluding hydrogens is 318 g/mol. The third-order valence-electron chi connectivity index (χ3n) is 5.56. The maximum Gasteiger partial charge on any atom is 0.326 e. The molecule has 1 aliphatic carbocycles. The second kappa shape index (κ2) is 6.39. The van der Waals surface area contributed by atoms with Gasteiger partial charge in [0, 0.05) is 11.9 Å². The van der Waals surface area contributed by atoms with Gasteiger partial charge in [-0.2, -0.15) is 0 Å². The van der Waals surface area contributed by atoms with E-state index in [0.29, 0.717) is 18.2 Å². The number of amides is 1. The third kappa shape index (κ3) is 2.84. The fourth-order valence-corrected chi connectivity index (χ4v) is 4.42. The van der Waals surface area contributed by atoms with Crippen LogP contribution < -0.4 is 4.74 Å². The van der Waals surface area contributed by atoms with Crippen LogP contribution >= 0.6 is 0 Å². The second-order valence-corrected chi connectivity index (χ2v) is 6.95. The van der Waals surface area contributed by atoms with Crippen molar-refractivity contribution >= 4 is 22.6 Å². The lowest BCUT2D eigenvalue weighted by atomic mass is 9.94. The molecule has 2 fully saturated rings. The lowest BCUT2D eigenvalue weighted by Gasteiger charge is -2.24. The van der Waals surface area contributed by atoms with Gasteiger partial charge in [0.25, 0.3) is 5.91 Å². The van der Waals surface area contributed by atoms with E-state index in [9.17, 15) is 14.7 Å². The van der Waals surface area contributed by atoms with Gasteiger partial charge < -0.3 is 14.7 Å². The van der Waals surface area contributed by atoms with Gasteiger partial charge in [-0.25, -0.2) is 4.79 Å². The first-order valence-electron chi connectivity index (χ1n) is 8.78. The standard InChI is InChI=1S/C20H21NO4/c22-18(21-11-14-7-3-9-16(14)19(21)20(23)24)12-25-17-10-4-6-13-5-1-2-8-15(13)17/h1-2,4-6,8,10,14,16,19H,3,7,9,11-12H2,(H,23,24). The van der Waals surface area contributed by atoms with E-state index in [1.54, 1.807) is 0 Å². The highest BCUT2D eigenvalue weighted by molar-refractivity contribution is 5.89. The number of rotatable bonds is 4. The number of carbonyl (C=O) groups excluding carboxylic acids is 1. The summed E-state index contributed by atoms with van der Waals surface area (Å²) in [4.78, 5) is 25.8. The lowest BCUT2D eigenvalue weighted by molar-refractivity contribution is -0.150. The number of benzene rings is 2. The Kier molecular flexibility index (Phi) is 4.07. The number of ether oxygens (including phenoxy) is 1. The Morgan fingerprint density at radius 2 is 1.92 bits per heavy atom. The Morgan fingerprint density at radius 1 is 1.12 bits per heavy atom. The summed E-state index contributed by atoms with van der Waals surface area (Å²) in [6, 6.07) is 12.9. The van der Waals surface area contributed by atoms with Crippen molar-refractivity contribution in [2.24, 2.45) is 11.8 Å². The summed E-state index contributed by atoms with van der Waals surface area (Å²) in [5.41, 5.74) is 0. The molecule has 2 aliphatic rings. The van der Waals surface area contributed by atoms with E-state index in [0.717, 1.165) is 30.0 Å². The smallest absolute Gasteiger partial charge is 0.326 e. The van der Waals surface area contributed by atoms with Gasteiger partial charge in [-0.05, 0) is 36.1 Å². The van der Waals surface area contributed by atoms with Crippen LogP contribution in [0.25, 0.3) is 10.8 Å². The molecule has 1 N–H and O–H groups in total. The van der Waals surface area contributed by atoms with Gasteiger partial charge in [-0.3, -0.25) is 4.79 Å². The molecule has 5 nitrogen and oxygen atoms in total. The van der Waals surface area contributed by atoms with Crippen LogP contribution in [0.3, 0.4) is 0 Å². The van der Waals surface area contributed by atoms with E-state index in [1.807, 2.05) is 42.5 Å². The zero-order chi connectivity index (χ0) is 17.4. The average Bonchev–Trinajstić information content (AvgIpc) is 3.20. The molecule has 130 valence electrons. The van der Waals surface area contributed by atoms with Crippen LogP contribution in [0.1, 0.15) is 19.3 Å². The summed E-state index contributed by atoms with van der Waals surface area (Å²) < 4.78 is 5.76. The Morgan fingerprint density at radius 3 is 2.76 bits per heavy atom. The molecule has 3 unspecified atom stereocenters. The Labute approximate surface area is 146 Å². The molecule has 2 aromatic rings. The quantitative estimate of drug-likeness (QED) is 0.930. The molecule has 0 radical (unpaired) electrons. The van der Waals surface area contributed by atoms with Crippen LogP contribution in [-0.2, 0) is 9.59 Å². The highest BCUT2D eigenvalue weighted by Gasteiger charge is 2.49. The van der Waals surface area contributed by atoms with Gasteiger partial charge in [-0.1, -0.05) is 42.8 Å². The zero-order valence-corrected chi connectivity index (χ0v) is 13.9. The van der Waals surface area contributed by atoms with Gasteiger partial charge in [0.05, 0.1) is 0 Å².